The summed E-state index contributed by atoms with van der Waals surface area (Å²) < 4.78 is 56.4. The number of rotatable bonds is 4. The molecule has 0 spiro atoms. The van der Waals surface area contributed by atoms with Crippen molar-refractivity contribution in [1.82, 2.24) is 15.4 Å². The van der Waals surface area contributed by atoms with Crippen molar-refractivity contribution in [3.63, 3.8) is 0 Å². The fraction of sp³-hybridized carbons (Fsp3) is 0. The molecule has 1 heterocycles. The van der Waals surface area contributed by atoms with Crippen LogP contribution < -0.4 is 4.72 Å². The van der Waals surface area contributed by atoms with E-state index in [9.17, 15) is 16.8 Å². The van der Waals surface area contributed by atoms with Gasteiger partial charge in [0.15, 0.2) is 0 Å². The third kappa shape index (κ3) is 2.89. The number of aromatic amines is 1. The van der Waals surface area contributed by atoms with Crippen molar-refractivity contribution in [1.29, 1.82) is 0 Å². The molecular formula is C8H8N4O5S2. The topological polar surface area (TPSA) is 142 Å². The van der Waals surface area contributed by atoms with Gasteiger partial charge < -0.3 is 0 Å². The van der Waals surface area contributed by atoms with Crippen LogP contribution >= 0.6 is 0 Å². The van der Waals surface area contributed by atoms with E-state index in [2.05, 4.69) is 10.2 Å². The molecule has 0 atom stereocenters. The minimum absolute atomic E-state index is 0.0840. The summed E-state index contributed by atoms with van der Waals surface area (Å²) >= 11 is 0. The molecule has 9 nitrogen and oxygen atoms in total. The fourth-order valence-corrected chi connectivity index (χ4v) is 2.85. The first-order valence-electron chi connectivity index (χ1n) is 4.77. The molecular weight excluding hydrogens is 296 g/mol. The fourth-order valence-electron chi connectivity index (χ4n) is 1.25. The smallest absolute Gasteiger partial charge is 0.280 e. The van der Waals surface area contributed by atoms with Gasteiger partial charge in [-0.05, 0) is 12.1 Å². The third-order valence-electron chi connectivity index (χ3n) is 2.04. The molecule has 0 aliphatic carbocycles. The number of sulfonamides is 1. The van der Waals surface area contributed by atoms with Crippen molar-refractivity contribution in [2.24, 2.45) is 0 Å². The number of H-pyrrole nitrogens is 1. The molecule has 102 valence electrons. The van der Waals surface area contributed by atoms with E-state index in [0.29, 0.717) is 0 Å². The summed E-state index contributed by atoms with van der Waals surface area (Å²) in [6.07, 6.45) is 0. The lowest BCUT2D eigenvalue weighted by Crippen LogP contribution is -2.15. The Hall–Kier alpha value is -1.98. The van der Waals surface area contributed by atoms with E-state index >= 15 is 0 Å². The normalized spacial score (nSPS) is 12.3. The van der Waals surface area contributed by atoms with Crippen molar-refractivity contribution in [2.45, 2.75) is 9.92 Å². The molecule has 11 heteroatoms. The first-order chi connectivity index (χ1) is 8.81. The van der Waals surface area contributed by atoms with Crippen LogP contribution in [0.15, 0.2) is 40.3 Å². The second-order valence-electron chi connectivity index (χ2n) is 3.37. The number of nitrogens with one attached hydrogen (secondary N) is 2. The van der Waals surface area contributed by atoms with E-state index in [-0.39, 0.29) is 4.90 Å². The number of hydrogen-bond donors (Lipinski definition) is 3. The van der Waals surface area contributed by atoms with Gasteiger partial charge in [0.1, 0.15) is 0 Å². The van der Waals surface area contributed by atoms with E-state index in [0.717, 1.165) is 0 Å². The second kappa shape index (κ2) is 4.60. The van der Waals surface area contributed by atoms with E-state index in [1.165, 1.54) is 24.3 Å². The molecule has 2 aromatic rings. The Bertz CT molecular complexity index is 782. The molecule has 0 saturated carbocycles. The van der Waals surface area contributed by atoms with Gasteiger partial charge in [0.05, 0.1) is 4.90 Å². The average Bonchev–Trinajstić information content (AvgIpc) is 2.77. The van der Waals surface area contributed by atoms with Crippen LogP contribution in [0.25, 0.3) is 0 Å². The molecule has 0 aliphatic rings. The Morgan fingerprint density at radius 1 is 1.05 bits per heavy atom. The first-order valence-corrected chi connectivity index (χ1v) is 7.69. The molecule has 0 bridgehead atoms. The van der Waals surface area contributed by atoms with Crippen molar-refractivity contribution < 1.29 is 21.4 Å². The van der Waals surface area contributed by atoms with Gasteiger partial charge in [0.2, 0.25) is 10.8 Å². The van der Waals surface area contributed by atoms with E-state index in [1.807, 2.05) is 9.94 Å². The van der Waals surface area contributed by atoms with Crippen LogP contribution in [-0.4, -0.2) is 36.8 Å². The molecule has 0 saturated heterocycles. The van der Waals surface area contributed by atoms with Crippen LogP contribution in [0.5, 0.6) is 0 Å². The van der Waals surface area contributed by atoms with Gasteiger partial charge in [-0.15, -0.1) is 10.2 Å². The minimum atomic E-state index is -4.68. The maximum atomic E-state index is 11.9. The number of aromatic nitrogens is 3. The quantitative estimate of drug-likeness (QED) is 0.667. The summed E-state index contributed by atoms with van der Waals surface area (Å²) in [5, 5.41) is 7.51. The highest BCUT2D eigenvalue weighted by Gasteiger charge is 2.25. The Kier molecular flexibility index (Phi) is 3.26. The molecule has 0 unspecified atom stereocenters. The standard InChI is InChI=1S/C8H8N4O5S2/c13-18(14,6-4-2-1-3-5-6)11-7-8(10-12-9-7)19(15,16)17/h1-5H,(H,15,16,17)(H2,9,10,11,12). The summed E-state index contributed by atoms with van der Waals surface area (Å²) in [5.41, 5.74) is 0. The second-order valence-corrected chi connectivity index (χ2v) is 6.39. The van der Waals surface area contributed by atoms with Gasteiger partial charge in [-0.2, -0.15) is 13.6 Å². The van der Waals surface area contributed by atoms with E-state index in [4.69, 9.17) is 4.55 Å². The molecule has 2 rings (SSSR count). The molecule has 0 aliphatic heterocycles. The maximum absolute atomic E-state index is 11.9. The van der Waals surface area contributed by atoms with Crippen molar-refractivity contribution >= 4 is 26.0 Å². The lowest BCUT2D eigenvalue weighted by Gasteiger charge is -2.05. The highest BCUT2D eigenvalue weighted by atomic mass is 32.2. The third-order valence-corrected chi connectivity index (χ3v) is 4.17. The average molecular weight is 304 g/mol. The molecule has 19 heavy (non-hydrogen) atoms. The van der Waals surface area contributed by atoms with Crippen LogP contribution in [0.1, 0.15) is 0 Å². The molecule has 1 aromatic carbocycles. The summed E-state index contributed by atoms with van der Waals surface area (Å²) in [5.74, 6) is -0.605. The largest absolute Gasteiger partial charge is 0.317 e. The van der Waals surface area contributed by atoms with Gasteiger partial charge in [0.25, 0.3) is 10.0 Å². The summed E-state index contributed by atoms with van der Waals surface area (Å²) in [7, 11) is -8.69. The van der Waals surface area contributed by atoms with Gasteiger partial charge >= 0.3 is 10.1 Å². The zero-order valence-electron chi connectivity index (χ0n) is 9.18. The number of benzene rings is 1. The predicted molar refractivity (Wildman–Crippen MR) is 63.4 cm³/mol. The highest BCUT2D eigenvalue weighted by molar-refractivity contribution is 7.92. The van der Waals surface area contributed by atoms with Gasteiger partial charge in [-0.1, -0.05) is 18.2 Å². The van der Waals surface area contributed by atoms with Crippen molar-refractivity contribution in [2.75, 3.05) is 4.72 Å². The van der Waals surface area contributed by atoms with Crippen LogP contribution in [-0.2, 0) is 20.1 Å². The molecule has 0 amide bonds. The zero-order chi connectivity index (χ0) is 14.1. The Balaban J connectivity index is 2.41. The molecule has 3 N–H and O–H groups in total. The van der Waals surface area contributed by atoms with Crippen LogP contribution in [0.3, 0.4) is 0 Å². The highest BCUT2D eigenvalue weighted by Crippen LogP contribution is 2.18. The monoisotopic (exact) mass is 304 g/mol. The Morgan fingerprint density at radius 2 is 1.68 bits per heavy atom. The Labute approximate surface area is 108 Å². The summed E-state index contributed by atoms with van der Waals surface area (Å²) in [6.45, 7) is 0. The van der Waals surface area contributed by atoms with Crippen LogP contribution in [0.4, 0.5) is 5.82 Å². The lowest BCUT2D eigenvalue weighted by molar-refractivity contribution is 0.479. The van der Waals surface area contributed by atoms with Crippen LogP contribution in [0, 0.1) is 0 Å². The van der Waals surface area contributed by atoms with Crippen molar-refractivity contribution in [3.8, 4) is 0 Å². The Morgan fingerprint density at radius 3 is 2.26 bits per heavy atom. The predicted octanol–water partition coefficient (Wildman–Crippen LogP) is -0.148. The summed E-state index contributed by atoms with van der Waals surface area (Å²) in [6, 6.07) is 7.26. The first kappa shape index (κ1) is 13.5. The lowest BCUT2D eigenvalue weighted by atomic mass is 10.4. The number of nitrogens with zero attached hydrogens (tertiary/aromatic N) is 2. The number of hydrogen-bond acceptors (Lipinski definition) is 6. The SMILES string of the molecule is O=S(=O)(O)c1n[nH]nc1NS(=O)(=O)c1ccccc1. The van der Waals surface area contributed by atoms with E-state index < -0.39 is 31.0 Å². The van der Waals surface area contributed by atoms with Crippen molar-refractivity contribution in [3.05, 3.63) is 30.3 Å². The molecule has 1 aromatic heterocycles. The van der Waals surface area contributed by atoms with Gasteiger partial charge in [-0.25, -0.2) is 8.42 Å². The summed E-state index contributed by atoms with van der Waals surface area (Å²) in [4.78, 5) is -0.0840. The minimum Gasteiger partial charge on any atom is -0.280 e. The van der Waals surface area contributed by atoms with E-state index in [1.54, 1.807) is 6.07 Å². The maximum Gasteiger partial charge on any atom is 0.317 e. The number of anilines is 1. The molecule has 0 fully saturated rings. The van der Waals surface area contributed by atoms with Crippen LogP contribution in [0.2, 0.25) is 0 Å². The zero-order valence-corrected chi connectivity index (χ0v) is 10.8. The van der Waals surface area contributed by atoms with Gasteiger partial charge in [0, 0.05) is 0 Å². The molecule has 0 radical (unpaired) electrons. The van der Waals surface area contributed by atoms with Gasteiger partial charge in [-0.3, -0.25) is 9.27 Å².